The minimum Gasteiger partial charge on any atom is -0.409 e. The van der Waals surface area contributed by atoms with Crippen LogP contribution in [0.5, 0.6) is 0 Å². The minimum atomic E-state index is 0.121. The van der Waals surface area contributed by atoms with Crippen LogP contribution < -0.4 is 10.6 Å². The van der Waals surface area contributed by atoms with Crippen LogP contribution >= 0.6 is 0 Å². The molecule has 110 valence electrons. The fourth-order valence-corrected chi connectivity index (χ4v) is 2.90. The second kappa shape index (κ2) is 5.66. The number of oxime groups is 1. The SMILES string of the molecule is Cc1cc(N2CCN(C)CC2C)c(/C(N)=N/O)c(C)n1. The van der Waals surface area contributed by atoms with Gasteiger partial charge in [-0.1, -0.05) is 5.16 Å². The second-order valence-corrected chi connectivity index (χ2v) is 5.53. The van der Waals surface area contributed by atoms with Gasteiger partial charge >= 0.3 is 0 Å². The summed E-state index contributed by atoms with van der Waals surface area (Å²) in [5.41, 5.74) is 9.32. The van der Waals surface area contributed by atoms with Crippen molar-refractivity contribution in [1.29, 1.82) is 0 Å². The molecule has 1 atom stereocenters. The molecule has 0 amide bonds. The van der Waals surface area contributed by atoms with Crippen molar-refractivity contribution in [1.82, 2.24) is 9.88 Å². The van der Waals surface area contributed by atoms with Gasteiger partial charge in [-0.15, -0.1) is 0 Å². The van der Waals surface area contributed by atoms with E-state index in [0.29, 0.717) is 6.04 Å². The zero-order chi connectivity index (χ0) is 14.9. The average molecular weight is 277 g/mol. The van der Waals surface area contributed by atoms with E-state index in [1.54, 1.807) is 0 Å². The molecule has 6 nitrogen and oxygen atoms in total. The van der Waals surface area contributed by atoms with Crippen LogP contribution in [0.15, 0.2) is 11.2 Å². The molecule has 0 aliphatic carbocycles. The van der Waals surface area contributed by atoms with E-state index in [4.69, 9.17) is 10.9 Å². The van der Waals surface area contributed by atoms with Gasteiger partial charge in [0.05, 0.1) is 16.9 Å². The highest BCUT2D eigenvalue weighted by Crippen LogP contribution is 2.27. The van der Waals surface area contributed by atoms with Crippen LogP contribution in [-0.2, 0) is 0 Å². The lowest BCUT2D eigenvalue weighted by atomic mass is 10.1. The first-order chi connectivity index (χ1) is 9.43. The molecular formula is C14H23N5O. The third-order valence-corrected chi connectivity index (χ3v) is 3.81. The van der Waals surface area contributed by atoms with E-state index < -0.39 is 0 Å². The maximum Gasteiger partial charge on any atom is 0.174 e. The molecule has 1 aliphatic heterocycles. The topological polar surface area (TPSA) is 78.0 Å². The molecule has 1 fully saturated rings. The molecule has 1 unspecified atom stereocenters. The molecule has 20 heavy (non-hydrogen) atoms. The first-order valence-corrected chi connectivity index (χ1v) is 6.85. The Morgan fingerprint density at radius 2 is 2.15 bits per heavy atom. The summed E-state index contributed by atoms with van der Waals surface area (Å²) in [6.45, 7) is 8.97. The van der Waals surface area contributed by atoms with Crippen molar-refractivity contribution in [3.63, 3.8) is 0 Å². The van der Waals surface area contributed by atoms with Crippen LogP contribution in [0, 0.1) is 13.8 Å². The number of aryl methyl sites for hydroxylation is 2. The van der Waals surface area contributed by atoms with Crippen molar-refractivity contribution in [3.05, 3.63) is 23.0 Å². The maximum atomic E-state index is 9.02. The first-order valence-electron chi connectivity index (χ1n) is 6.85. The lowest BCUT2D eigenvalue weighted by Crippen LogP contribution is -2.51. The van der Waals surface area contributed by atoms with Gasteiger partial charge in [-0.2, -0.15) is 0 Å². The molecule has 2 rings (SSSR count). The number of pyridine rings is 1. The summed E-state index contributed by atoms with van der Waals surface area (Å²) in [5, 5.41) is 12.2. The van der Waals surface area contributed by atoms with Crippen LogP contribution in [0.25, 0.3) is 0 Å². The summed E-state index contributed by atoms with van der Waals surface area (Å²) in [5.74, 6) is 0.121. The Hall–Kier alpha value is -1.82. The van der Waals surface area contributed by atoms with Gasteiger partial charge in [0.25, 0.3) is 0 Å². The van der Waals surface area contributed by atoms with Crippen LogP contribution in [0.2, 0.25) is 0 Å². The predicted octanol–water partition coefficient (Wildman–Crippen LogP) is 0.933. The van der Waals surface area contributed by atoms with Crippen molar-refractivity contribution in [2.45, 2.75) is 26.8 Å². The van der Waals surface area contributed by atoms with Crippen molar-refractivity contribution in [2.24, 2.45) is 10.9 Å². The molecule has 3 N–H and O–H groups in total. The molecule has 1 aliphatic rings. The Morgan fingerprint density at radius 1 is 1.45 bits per heavy atom. The quantitative estimate of drug-likeness (QED) is 0.364. The van der Waals surface area contributed by atoms with Crippen LogP contribution in [-0.4, -0.2) is 53.7 Å². The van der Waals surface area contributed by atoms with Gasteiger partial charge in [-0.05, 0) is 33.9 Å². The third-order valence-electron chi connectivity index (χ3n) is 3.81. The van der Waals surface area contributed by atoms with E-state index in [9.17, 15) is 0 Å². The van der Waals surface area contributed by atoms with Gasteiger partial charge in [0.15, 0.2) is 5.84 Å². The minimum absolute atomic E-state index is 0.121. The van der Waals surface area contributed by atoms with E-state index in [2.05, 4.69) is 33.9 Å². The number of amidine groups is 1. The van der Waals surface area contributed by atoms with Crippen molar-refractivity contribution in [2.75, 3.05) is 31.6 Å². The molecule has 1 saturated heterocycles. The molecule has 0 saturated carbocycles. The third kappa shape index (κ3) is 2.70. The zero-order valence-corrected chi connectivity index (χ0v) is 12.6. The molecule has 0 spiro atoms. The predicted molar refractivity (Wildman–Crippen MR) is 80.5 cm³/mol. The van der Waals surface area contributed by atoms with E-state index in [1.807, 2.05) is 19.9 Å². The number of piperazine rings is 1. The Bertz CT molecular complexity index is 529. The largest absolute Gasteiger partial charge is 0.409 e. The lowest BCUT2D eigenvalue weighted by Gasteiger charge is -2.40. The smallest absolute Gasteiger partial charge is 0.174 e. The molecule has 1 aromatic heterocycles. The van der Waals surface area contributed by atoms with Gasteiger partial charge in [0.1, 0.15) is 0 Å². The fourth-order valence-electron chi connectivity index (χ4n) is 2.90. The number of rotatable bonds is 2. The molecule has 6 heteroatoms. The highest BCUT2D eigenvalue weighted by atomic mass is 16.4. The number of anilines is 1. The Kier molecular flexibility index (Phi) is 4.13. The maximum absolute atomic E-state index is 9.02. The first kappa shape index (κ1) is 14.6. The lowest BCUT2D eigenvalue weighted by molar-refractivity contribution is 0.275. The molecule has 0 radical (unpaired) electrons. The van der Waals surface area contributed by atoms with Crippen molar-refractivity contribution >= 4 is 11.5 Å². The van der Waals surface area contributed by atoms with Gasteiger partial charge in [-0.25, -0.2) is 0 Å². The molecule has 0 bridgehead atoms. The van der Waals surface area contributed by atoms with Crippen LogP contribution in [0.1, 0.15) is 23.9 Å². The fraction of sp³-hybridized carbons (Fsp3) is 0.571. The molecular weight excluding hydrogens is 254 g/mol. The summed E-state index contributed by atoms with van der Waals surface area (Å²) in [7, 11) is 2.13. The Labute approximate surface area is 119 Å². The molecule has 1 aromatic rings. The van der Waals surface area contributed by atoms with Crippen LogP contribution in [0.4, 0.5) is 5.69 Å². The standard InChI is InChI=1S/C14H23N5O/c1-9-7-12(13(11(3)16-9)14(15)17-20)19-6-5-18(4)8-10(19)2/h7,10,20H,5-6,8H2,1-4H3,(H2,15,17). The second-order valence-electron chi connectivity index (χ2n) is 5.53. The van der Waals surface area contributed by atoms with Gasteiger partial charge in [0, 0.05) is 31.4 Å². The monoisotopic (exact) mass is 277 g/mol. The van der Waals surface area contributed by atoms with Crippen LogP contribution in [0.3, 0.4) is 0 Å². The normalized spacial score (nSPS) is 21.3. The van der Waals surface area contributed by atoms with E-state index >= 15 is 0 Å². The van der Waals surface area contributed by atoms with Crippen molar-refractivity contribution < 1.29 is 5.21 Å². The summed E-state index contributed by atoms with van der Waals surface area (Å²) in [4.78, 5) is 9.05. The van der Waals surface area contributed by atoms with E-state index in [-0.39, 0.29) is 5.84 Å². The van der Waals surface area contributed by atoms with Crippen molar-refractivity contribution in [3.8, 4) is 0 Å². The number of nitrogens with two attached hydrogens (primary N) is 1. The highest BCUT2D eigenvalue weighted by molar-refractivity contribution is 6.03. The van der Waals surface area contributed by atoms with Gasteiger partial charge in [0.2, 0.25) is 0 Å². The van der Waals surface area contributed by atoms with Gasteiger partial charge in [-0.3, -0.25) is 4.98 Å². The number of likely N-dealkylation sites (N-methyl/N-ethyl adjacent to an activating group) is 1. The number of nitrogens with zero attached hydrogens (tertiary/aromatic N) is 4. The van der Waals surface area contributed by atoms with E-state index in [0.717, 1.165) is 42.3 Å². The number of aromatic nitrogens is 1. The zero-order valence-electron chi connectivity index (χ0n) is 12.6. The summed E-state index contributed by atoms with van der Waals surface area (Å²) in [6, 6.07) is 2.39. The molecule has 0 aromatic carbocycles. The van der Waals surface area contributed by atoms with E-state index in [1.165, 1.54) is 0 Å². The van der Waals surface area contributed by atoms with Gasteiger partial charge < -0.3 is 20.7 Å². The summed E-state index contributed by atoms with van der Waals surface area (Å²) < 4.78 is 0. The summed E-state index contributed by atoms with van der Waals surface area (Å²) >= 11 is 0. The molecule has 2 heterocycles. The summed E-state index contributed by atoms with van der Waals surface area (Å²) in [6.07, 6.45) is 0. The average Bonchev–Trinajstić information content (AvgIpc) is 2.37. The Balaban J connectivity index is 2.49. The number of hydrogen-bond acceptors (Lipinski definition) is 5. The highest BCUT2D eigenvalue weighted by Gasteiger charge is 2.26. The number of hydrogen-bond donors (Lipinski definition) is 2. The Morgan fingerprint density at radius 3 is 2.75 bits per heavy atom.